The number of nitrogens with one attached hydrogen (secondary N) is 2. The lowest BCUT2D eigenvalue weighted by molar-refractivity contribution is -0.0528. The Kier molecular flexibility index (Phi) is 4.27. The van der Waals surface area contributed by atoms with Crippen molar-refractivity contribution in [3.8, 4) is 11.8 Å². The Bertz CT molecular complexity index is 749. The van der Waals surface area contributed by atoms with Gasteiger partial charge in [-0.1, -0.05) is 5.16 Å². The van der Waals surface area contributed by atoms with Crippen LogP contribution in [0.15, 0.2) is 35.3 Å². The molecule has 0 unspecified atom stereocenters. The van der Waals surface area contributed by atoms with Crippen molar-refractivity contribution in [1.29, 1.82) is 0 Å². The van der Waals surface area contributed by atoms with Gasteiger partial charge in [-0.25, -0.2) is 5.10 Å². The van der Waals surface area contributed by atoms with Gasteiger partial charge >= 0.3 is 6.61 Å². The van der Waals surface area contributed by atoms with Gasteiger partial charge in [0, 0.05) is 12.1 Å². The lowest BCUT2D eigenvalue weighted by Gasteiger charge is -2.05. The molecule has 11 heteroatoms. The molecule has 0 saturated heterocycles. The quantitative estimate of drug-likeness (QED) is 0.680. The first-order valence-electron chi connectivity index (χ1n) is 6.30. The number of hydrogen-bond donors (Lipinski definition) is 2. The maximum atomic E-state index is 12.1. The summed E-state index contributed by atoms with van der Waals surface area (Å²) in [7, 11) is 0. The van der Waals surface area contributed by atoms with E-state index in [9.17, 15) is 8.78 Å². The molecule has 3 heterocycles. The number of anilines is 2. The van der Waals surface area contributed by atoms with Crippen LogP contribution in [-0.4, -0.2) is 31.9 Å². The summed E-state index contributed by atoms with van der Waals surface area (Å²) in [6, 6.07) is 2.92. The molecule has 0 fully saturated rings. The van der Waals surface area contributed by atoms with Crippen molar-refractivity contribution < 1.29 is 22.8 Å². The summed E-state index contributed by atoms with van der Waals surface area (Å²) in [5.74, 6) is 0.632. The molecule has 0 bridgehead atoms. The van der Waals surface area contributed by atoms with Gasteiger partial charge in [0.25, 0.3) is 0 Å². The summed E-state index contributed by atoms with van der Waals surface area (Å²) >= 11 is 0. The van der Waals surface area contributed by atoms with Gasteiger partial charge < -0.3 is 19.3 Å². The SMILES string of the molecule is FC(F)Oc1cc(Nc2cncc(OCc3ccon3)n2)n[nH]1. The van der Waals surface area contributed by atoms with E-state index in [0.717, 1.165) is 0 Å². The molecule has 3 aromatic heterocycles. The number of rotatable bonds is 7. The Morgan fingerprint density at radius 2 is 2.22 bits per heavy atom. The molecule has 23 heavy (non-hydrogen) atoms. The van der Waals surface area contributed by atoms with Crippen LogP contribution in [0, 0.1) is 0 Å². The summed E-state index contributed by atoms with van der Waals surface area (Å²) in [4.78, 5) is 8.09. The molecule has 9 nitrogen and oxygen atoms in total. The first-order valence-corrected chi connectivity index (χ1v) is 6.30. The summed E-state index contributed by atoms with van der Waals surface area (Å²) < 4.78 is 38.4. The zero-order valence-corrected chi connectivity index (χ0v) is 11.4. The number of H-pyrrole nitrogens is 1. The molecule has 120 valence electrons. The fourth-order valence-electron chi connectivity index (χ4n) is 1.59. The Balaban J connectivity index is 1.61. The van der Waals surface area contributed by atoms with Crippen LogP contribution in [0.1, 0.15) is 5.69 Å². The molecule has 0 aliphatic rings. The van der Waals surface area contributed by atoms with E-state index >= 15 is 0 Å². The van der Waals surface area contributed by atoms with E-state index in [1.54, 1.807) is 6.07 Å². The lowest BCUT2D eigenvalue weighted by Crippen LogP contribution is -2.01. The van der Waals surface area contributed by atoms with Crippen molar-refractivity contribution in [3.05, 3.63) is 36.5 Å². The van der Waals surface area contributed by atoms with Gasteiger partial charge in [-0.05, 0) is 0 Å². The van der Waals surface area contributed by atoms with Gasteiger partial charge in [-0.15, -0.1) is 0 Å². The number of aromatic nitrogens is 5. The van der Waals surface area contributed by atoms with Crippen molar-refractivity contribution in [3.63, 3.8) is 0 Å². The Labute approximate surface area is 127 Å². The number of aromatic amines is 1. The zero-order chi connectivity index (χ0) is 16.1. The van der Waals surface area contributed by atoms with Crippen LogP contribution in [0.3, 0.4) is 0 Å². The second-order valence-electron chi connectivity index (χ2n) is 4.14. The normalized spacial score (nSPS) is 10.7. The molecular weight excluding hydrogens is 314 g/mol. The molecule has 0 aromatic carbocycles. The van der Waals surface area contributed by atoms with Crippen LogP contribution in [0.4, 0.5) is 20.4 Å². The third-order valence-electron chi connectivity index (χ3n) is 2.50. The molecule has 0 aliphatic carbocycles. The van der Waals surface area contributed by atoms with E-state index in [2.05, 4.69) is 39.9 Å². The summed E-state index contributed by atoms with van der Waals surface area (Å²) in [6.45, 7) is -2.76. The van der Waals surface area contributed by atoms with Crippen LogP contribution in [-0.2, 0) is 6.61 Å². The highest BCUT2D eigenvalue weighted by Crippen LogP contribution is 2.19. The second kappa shape index (κ2) is 6.68. The van der Waals surface area contributed by atoms with Crippen molar-refractivity contribution in [2.75, 3.05) is 5.32 Å². The molecule has 0 atom stereocenters. The second-order valence-corrected chi connectivity index (χ2v) is 4.14. The highest BCUT2D eigenvalue weighted by atomic mass is 19.3. The minimum Gasteiger partial charge on any atom is -0.470 e. The minimum absolute atomic E-state index is 0.170. The van der Waals surface area contributed by atoms with Crippen LogP contribution in [0.2, 0.25) is 0 Å². The smallest absolute Gasteiger partial charge is 0.388 e. The summed E-state index contributed by atoms with van der Waals surface area (Å²) in [5, 5.41) is 12.5. The molecule has 0 saturated carbocycles. The van der Waals surface area contributed by atoms with Gasteiger partial charge in [0.05, 0.1) is 12.4 Å². The Morgan fingerprint density at radius 1 is 1.30 bits per heavy atom. The first-order chi connectivity index (χ1) is 11.2. The fourth-order valence-corrected chi connectivity index (χ4v) is 1.59. The monoisotopic (exact) mass is 324 g/mol. The van der Waals surface area contributed by atoms with Gasteiger partial charge in [0.1, 0.15) is 18.6 Å². The van der Waals surface area contributed by atoms with E-state index in [4.69, 9.17) is 4.74 Å². The molecule has 0 aliphatic heterocycles. The van der Waals surface area contributed by atoms with Crippen LogP contribution in [0.25, 0.3) is 0 Å². The van der Waals surface area contributed by atoms with Crippen molar-refractivity contribution in [2.24, 2.45) is 0 Å². The maximum absolute atomic E-state index is 12.1. The predicted octanol–water partition coefficient (Wildman–Crippen LogP) is 2.11. The standard InChI is InChI=1S/C12H10F2N6O3/c13-12(14)23-10-3-8(18-19-10)16-9-4-15-5-11(17-9)21-6-7-1-2-22-20-7/h1-5,12H,6H2,(H2,16,17,18,19). The van der Waals surface area contributed by atoms with Gasteiger partial charge in [-0.3, -0.25) is 4.98 Å². The summed E-state index contributed by atoms with van der Waals surface area (Å²) in [6.07, 6.45) is 4.27. The zero-order valence-electron chi connectivity index (χ0n) is 11.4. The largest absolute Gasteiger partial charge is 0.470 e. The third-order valence-corrected chi connectivity index (χ3v) is 2.50. The van der Waals surface area contributed by atoms with Crippen LogP contribution < -0.4 is 14.8 Å². The van der Waals surface area contributed by atoms with Gasteiger partial charge in [0.15, 0.2) is 11.6 Å². The highest BCUT2D eigenvalue weighted by Gasteiger charge is 2.09. The highest BCUT2D eigenvalue weighted by molar-refractivity contribution is 5.51. The first kappa shape index (κ1) is 14.7. The molecule has 0 amide bonds. The summed E-state index contributed by atoms with van der Waals surface area (Å²) in [5.41, 5.74) is 0.603. The van der Waals surface area contributed by atoms with Crippen molar-refractivity contribution in [1.82, 2.24) is 25.3 Å². The predicted molar refractivity (Wildman–Crippen MR) is 71.4 cm³/mol. The lowest BCUT2D eigenvalue weighted by atomic mass is 10.5. The van der Waals surface area contributed by atoms with E-state index in [1.807, 2.05) is 0 Å². The number of hydrogen-bond acceptors (Lipinski definition) is 8. The molecule has 3 rings (SSSR count). The van der Waals surface area contributed by atoms with E-state index in [0.29, 0.717) is 11.5 Å². The van der Waals surface area contributed by atoms with Crippen molar-refractivity contribution in [2.45, 2.75) is 13.2 Å². The van der Waals surface area contributed by atoms with Crippen LogP contribution in [0.5, 0.6) is 11.8 Å². The van der Waals surface area contributed by atoms with Crippen molar-refractivity contribution >= 4 is 11.6 Å². The van der Waals surface area contributed by atoms with Gasteiger partial charge in [0.2, 0.25) is 11.8 Å². The Morgan fingerprint density at radius 3 is 3.00 bits per heavy atom. The number of nitrogens with zero attached hydrogens (tertiary/aromatic N) is 4. The average Bonchev–Trinajstić information content (AvgIpc) is 3.17. The van der Waals surface area contributed by atoms with E-state index in [1.165, 1.54) is 24.7 Å². The topological polar surface area (TPSA) is 111 Å². The molecular formula is C12H10F2N6O3. The van der Waals surface area contributed by atoms with E-state index in [-0.39, 0.29) is 24.2 Å². The third kappa shape index (κ3) is 4.12. The number of halogens is 2. The number of alkyl halides is 2. The number of ether oxygens (including phenoxy) is 2. The Hall–Kier alpha value is -3.24. The molecule has 0 spiro atoms. The fraction of sp³-hybridized carbons (Fsp3) is 0.167. The molecule has 0 radical (unpaired) electrons. The maximum Gasteiger partial charge on any atom is 0.388 e. The van der Waals surface area contributed by atoms with Crippen LogP contribution >= 0.6 is 0 Å². The molecule has 3 aromatic rings. The van der Waals surface area contributed by atoms with Gasteiger partial charge in [-0.2, -0.15) is 18.9 Å². The average molecular weight is 324 g/mol. The van der Waals surface area contributed by atoms with E-state index < -0.39 is 6.61 Å². The molecule has 2 N–H and O–H groups in total. The minimum atomic E-state index is -2.93.